The van der Waals surface area contributed by atoms with Gasteiger partial charge in [-0.05, 0) is 24.1 Å². The summed E-state index contributed by atoms with van der Waals surface area (Å²) in [6.45, 7) is 4.32. The maximum absolute atomic E-state index is 5.66. The molecule has 1 N–H and O–H groups in total. The quantitative estimate of drug-likeness (QED) is 0.756. The Kier molecular flexibility index (Phi) is 6.12. The number of benzene rings is 1. The van der Waals surface area contributed by atoms with E-state index < -0.39 is 0 Å². The van der Waals surface area contributed by atoms with Crippen LogP contribution in [0.3, 0.4) is 0 Å². The highest BCUT2D eigenvalue weighted by molar-refractivity contribution is 5.30. The molecule has 0 atom stereocenters. The second-order valence-corrected chi connectivity index (χ2v) is 4.65. The van der Waals surface area contributed by atoms with Crippen LogP contribution in [-0.2, 0) is 17.7 Å². The first-order chi connectivity index (χ1) is 10.3. The molecule has 21 heavy (non-hydrogen) atoms. The second kappa shape index (κ2) is 8.34. The summed E-state index contributed by atoms with van der Waals surface area (Å²) in [5.74, 6) is 0.764. The molecule has 0 spiro atoms. The number of nitrogens with zero attached hydrogens (tertiary/aromatic N) is 2. The van der Waals surface area contributed by atoms with E-state index in [1.54, 1.807) is 19.5 Å². The van der Waals surface area contributed by atoms with Gasteiger partial charge < -0.3 is 14.8 Å². The number of aromatic nitrogens is 2. The smallest absolute Gasteiger partial charge is 0.321 e. The number of hydrogen-bond acceptors (Lipinski definition) is 5. The number of aryl methyl sites for hydroxylation is 1. The molecule has 5 heteroatoms. The van der Waals surface area contributed by atoms with Gasteiger partial charge in [-0.2, -0.15) is 0 Å². The Morgan fingerprint density at radius 1 is 1.14 bits per heavy atom. The second-order valence-electron chi connectivity index (χ2n) is 4.65. The summed E-state index contributed by atoms with van der Waals surface area (Å²) < 4.78 is 10.6. The van der Waals surface area contributed by atoms with Gasteiger partial charge >= 0.3 is 6.01 Å². The summed E-state index contributed by atoms with van der Waals surface area (Å²) in [6.07, 6.45) is 4.52. The highest BCUT2D eigenvalue weighted by Crippen LogP contribution is 2.19. The van der Waals surface area contributed by atoms with Crippen molar-refractivity contribution in [1.29, 1.82) is 0 Å². The highest BCUT2D eigenvalue weighted by atomic mass is 16.5. The predicted molar refractivity (Wildman–Crippen MR) is 81.5 cm³/mol. The molecule has 0 radical (unpaired) electrons. The minimum atomic E-state index is 0.365. The number of ether oxygens (including phenoxy) is 2. The fourth-order valence-corrected chi connectivity index (χ4v) is 1.83. The molecule has 1 aromatic heterocycles. The van der Waals surface area contributed by atoms with Crippen molar-refractivity contribution in [3.05, 3.63) is 47.8 Å². The van der Waals surface area contributed by atoms with Crippen LogP contribution in [0.2, 0.25) is 0 Å². The van der Waals surface area contributed by atoms with Crippen molar-refractivity contribution in [2.24, 2.45) is 0 Å². The first-order valence-corrected chi connectivity index (χ1v) is 7.09. The van der Waals surface area contributed by atoms with Crippen LogP contribution >= 0.6 is 0 Å². The van der Waals surface area contributed by atoms with Crippen LogP contribution in [0.25, 0.3) is 0 Å². The Hall–Kier alpha value is -1.98. The fraction of sp³-hybridized carbons (Fsp3) is 0.375. The lowest BCUT2D eigenvalue weighted by atomic mass is 10.2. The first-order valence-electron chi connectivity index (χ1n) is 7.09. The zero-order chi connectivity index (χ0) is 14.9. The molecule has 2 aromatic rings. The van der Waals surface area contributed by atoms with E-state index in [9.17, 15) is 0 Å². The average Bonchev–Trinajstić information content (AvgIpc) is 2.53. The normalized spacial score (nSPS) is 10.6. The lowest BCUT2D eigenvalue weighted by Crippen LogP contribution is -2.18. The van der Waals surface area contributed by atoms with Gasteiger partial charge in [0.1, 0.15) is 5.75 Å². The minimum absolute atomic E-state index is 0.365. The third kappa shape index (κ3) is 5.13. The molecule has 0 aliphatic rings. The number of nitrogens with one attached hydrogen (secondary N) is 1. The number of methoxy groups -OCH3 is 1. The molecule has 0 bridgehead atoms. The Morgan fingerprint density at radius 3 is 2.67 bits per heavy atom. The van der Waals surface area contributed by atoms with Gasteiger partial charge in [-0.1, -0.05) is 19.1 Å². The molecule has 0 saturated heterocycles. The summed E-state index contributed by atoms with van der Waals surface area (Å²) in [6, 6.07) is 8.32. The maximum atomic E-state index is 5.66. The topological polar surface area (TPSA) is 56.3 Å². The zero-order valence-electron chi connectivity index (χ0n) is 12.5. The van der Waals surface area contributed by atoms with Gasteiger partial charge in [-0.15, -0.1) is 0 Å². The first kappa shape index (κ1) is 15.4. The minimum Gasteiger partial charge on any atom is -0.424 e. The summed E-state index contributed by atoms with van der Waals surface area (Å²) in [5, 5.41) is 3.24. The molecule has 0 amide bonds. The van der Waals surface area contributed by atoms with Crippen molar-refractivity contribution < 1.29 is 9.47 Å². The van der Waals surface area contributed by atoms with E-state index in [-0.39, 0.29) is 0 Å². The molecule has 0 aliphatic heterocycles. The Labute approximate surface area is 125 Å². The summed E-state index contributed by atoms with van der Waals surface area (Å²) in [5.41, 5.74) is 2.24. The van der Waals surface area contributed by atoms with Gasteiger partial charge in [0.2, 0.25) is 0 Å². The molecule has 0 saturated carbocycles. The van der Waals surface area contributed by atoms with Gasteiger partial charge in [-0.3, -0.25) is 0 Å². The zero-order valence-corrected chi connectivity index (χ0v) is 12.5. The lowest BCUT2D eigenvalue weighted by molar-refractivity contribution is 0.199. The van der Waals surface area contributed by atoms with Crippen molar-refractivity contribution in [1.82, 2.24) is 15.3 Å². The third-order valence-corrected chi connectivity index (χ3v) is 3.01. The van der Waals surface area contributed by atoms with Crippen LogP contribution in [0.1, 0.15) is 18.1 Å². The standard InChI is InChI=1S/C16H21N3O2/c1-3-13-5-4-6-15(9-13)21-16-18-11-14(12-19-16)10-17-7-8-20-2/h4-6,9,11-12,17H,3,7-8,10H2,1-2H3. The molecular formula is C16H21N3O2. The Balaban J connectivity index is 1.89. The van der Waals surface area contributed by atoms with Crippen molar-refractivity contribution in [3.63, 3.8) is 0 Å². The summed E-state index contributed by atoms with van der Waals surface area (Å²) in [7, 11) is 1.68. The van der Waals surface area contributed by atoms with E-state index in [1.807, 2.05) is 18.2 Å². The van der Waals surface area contributed by atoms with Gasteiger partial charge in [0.15, 0.2) is 0 Å². The Morgan fingerprint density at radius 2 is 1.95 bits per heavy atom. The van der Waals surface area contributed by atoms with Crippen molar-refractivity contribution in [3.8, 4) is 11.8 Å². The Bertz CT molecular complexity index is 543. The van der Waals surface area contributed by atoms with Crippen molar-refractivity contribution in [2.45, 2.75) is 19.9 Å². The molecule has 112 valence electrons. The van der Waals surface area contributed by atoms with E-state index in [0.717, 1.165) is 30.8 Å². The molecule has 0 fully saturated rings. The monoisotopic (exact) mass is 287 g/mol. The largest absolute Gasteiger partial charge is 0.424 e. The van der Waals surface area contributed by atoms with Crippen LogP contribution in [0, 0.1) is 0 Å². The summed E-state index contributed by atoms with van der Waals surface area (Å²) >= 11 is 0. The van der Waals surface area contributed by atoms with Crippen molar-refractivity contribution in [2.75, 3.05) is 20.3 Å². The molecule has 1 aromatic carbocycles. The molecule has 2 rings (SSSR count). The average molecular weight is 287 g/mol. The molecule has 0 unspecified atom stereocenters. The lowest BCUT2D eigenvalue weighted by Gasteiger charge is -2.06. The SMILES string of the molecule is CCc1cccc(Oc2ncc(CNCCOC)cn2)c1. The van der Waals surface area contributed by atoms with E-state index >= 15 is 0 Å². The van der Waals surface area contributed by atoms with Gasteiger partial charge in [-0.25, -0.2) is 9.97 Å². The molecular weight excluding hydrogens is 266 g/mol. The van der Waals surface area contributed by atoms with Gasteiger partial charge in [0.25, 0.3) is 0 Å². The van der Waals surface area contributed by atoms with Crippen LogP contribution in [-0.4, -0.2) is 30.2 Å². The molecule has 0 aliphatic carbocycles. The van der Waals surface area contributed by atoms with Crippen LogP contribution in [0.4, 0.5) is 0 Å². The van der Waals surface area contributed by atoms with Crippen LogP contribution in [0.15, 0.2) is 36.7 Å². The fourth-order valence-electron chi connectivity index (χ4n) is 1.83. The molecule has 1 heterocycles. The van der Waals surface area contributed by atoms with E-state index in [4.69, 9.17) is 9.47 Å². The van der Waals surface area contributed by atoms with E-state index in [0.29, 0.717) is 12.6 Å². The van der Waals surface area contributed by atoms with Gasteiger partial charge in [0, 0.05) is 38.2 Å². The molecule has 5 nitrogen and oxygen atoms in total. The van der Waals surface area contributed by atoms with Crippen LogP contribution in [0.5, 0.6) is 11.8 Å². The third-order valence-electron chi connectivity index (χ3n) is 3.01. The van der Waals surface area contributed by atoms with E-state index in [2.05, 4.69) is 28.3 Å². The van der Waals surface area contributed by atoms with E-state index in [1.165, 1.54) is 5.56 Å². The summed E-state index contributed by atoms with van der Waals surface area (Å²) in [4.78, 5) is 8.45. The number of hydrogen-bond donors (Lipinski definition) is 1. The number of rotatable bonds is 8. The maximum Gasteiger partial charge on any atom is 0.321 e. The van der Waals surface area contributed by atoms with Crippen molar-refractivity contribution >= 4 is 0 Å². The van der Waals surface area contributed by atoms with Gasteiger partial charge in [0.05, 0.1) is 6.61 Å². The predicted octanol–water partition coefficient (Wildman–Crippen LogP) is 2.57. The highest BCUT2D eigenvalue weighted by Gasteiger charge is 2.02. The van der Waals surface area contributed by atoms with Crippen LogP contribution < -0.4 is 10.1 Å².